The van der Waals surface area contributed by atoms with E-state index >= 15 is 0 Å². The van der Waals surface area contributed by atoms with Crippen LogP contribution in [0.4, 0.5) is 0 Å². The quantitative estimate of drug-likeness (QED) is 0.525. The number of benzene rings is 2. The van der Waals surface area contributed by atoms with E-state index in [1.165, 1.54) is 0 Å². The molecular weight excluding hydrogens is 430 g/mol. The molecule has 0 spiro atoms. The van der Waals surface area contributed by atoms with Crippen LogP contribution in [0.25, 0.3) is 11.0 Å². The summed E-state index contributed by atoms with van der Waals surface area (Å²) in [6.45, 7) is 7.00. The molecule has 180 valence electrons. The van der Waals surface area contributed by atoms with E-state index in [1.807, 2.05) is 75.4 Å². The highest BCUT2D eigenvalue weighted by molar-refractivity contribution is 5.89. The monoisotopic (exact) mass is 463 g/mol. The Labute approximate surface area is 200 Å². The van der Waals surface area contributed by atoms with Gasteiger partial charge >= 0.3 is 0 Å². The number of rotatable bonds is 9. The number of hydrogen-bond acceptors (Lipinski definition) is 5. The molecule has 0 aliphatic carbocycles. The number of aromatic nitrogens is 3. The minimum Gasteiger partial charge on any atom is -0.376 e. The van der Waals surface area contributed by atoms with Crippen molar-refractivity contribution in [3.63, 3.8) is 0 Å². The van der Waals surface area contributed by atoms with E-state index in [9.17, 15) is 9.59 Å². The Balaban J connectivity index is 1.69. The Morgan fingerprint density at radius 3 is 2.62 bits per heavy atom. The highest BCUT2D eigenvalue weighted by Crippen LogP contribution is 2.26. The topological polar surface area (TPSA) is 89.4 Å². The zero-order valence-corrected chi connectivity index (χ0v) is 20.1. The van der Waals surface area contributed by atoms with E-state index in [4.69, 9.17) is 4.74 Å². The molecule has 1 N–H and O–H groups in total. The van der Waals surface area contributed by atoms with Crippen LogP contribution in [0.1, 0.15) is 51.6 Å². The molecule has 1 saturated heterocycles. The number of nitrogens with zero attached hydrogens (tertiary/aromatic N) is 4. The smallest absolute Gasteiger partial charge is 0.247 e. The highest BCUT2D eigenvalue weighted by atomic mass is 16.5. The van der Waals surface area contributed by atoms with Gasteiger partial charge in [0.15, 0.2) is 0 Å². The maximum atomic E-state index is 13.8. The van der Waals surface area contributed by atoms with Crippen LogP contribution in [0.15, 0.2) is 54.6 Å². The summed E-state index contributed by atoms with van der Waals surface area (Å²) in [7, 11) is 0. The lowest BCUT2D eigenvalue weighted by molar-refractivity contribution is -0.144. The molecule has 4 rings (SSSR count). The van der Waals surface area contributed by atoms with Crippen molar-refractivity contribution >= 4 is 22.8 Å². The molecule has 34 heavy (non-hydrogen) atoms. The minimum atomic E-state index is -0.779. The maximum Gasteiger partial charge on any atom is 0.247 e. The van der Waals surface area contributed by atoms with E-state index in [-0.39, 0.29) is 24.5 Å². The van der Waals surface area contributed by atoms with Gasteiger partial charge < -0.3 is 15.0 Å². The van der Waals surface area contributed by atoms with Gasteiger partial charge in [0.25, 0.3) is 0 Å². The Bertz CT molecular complexity index is 1120. The second-order valence-electron chi connectivity index (χ2n) is 9.46. The fraction of sp³-hybridized carbons (Fsp3) is 0.462. The van der Waals surface area contributed by atoms with Crippen molar-refractivity contribution in [2.24, 2.45) is 0 Å². The molecule has 0 radical (unpaired) electrons. The van der Waals surface area contributed by atoms with Crippen molar-refractivity contribution in [3.05, 3.63) is 60.2 Å². The largest absolute Gasteiger partial charge is 0.376 e. The van der Waals surface area contributed by atoms with Crippen molar-refractivity contribution in [3.8, 4) is 0 Å². The SMILES string of the molecule is CCC(C)(C)NC(=O)[C@H](c1ccccc1)N(C[C@@H]1CCCO1)C(=O)Cn1nnc2ccccc21. The number of amides is 2. The summed E-state index contributed by atoms with van der Waals surface area (Å²) in [5.74, 6) is -0.405. The summed E-state index contributed by atoms with van der Waals surface area (Å²) in [5, 5.41) is 11.5. The molecular formula is C26H33N5O3. The van der Waals surface area contributed by atoms with Crippen LogP contribution in [-0.2, 0) is 20.9 Å². The van der Waals surface area contributed by atoms with Crippen LogP contribution in [0.5, 0.6) is 0 Å². The number of carbonyl (C=O) groups is 2. The van der Waals surface area contributed by atoms with Crippen LogP contribution in [0.3, 0.4) is 0 Å². The van der Waals surface area contributed by atoms with Crippen LogP contribution < -0.4 is 5.32 Å². The number of carbonyl (C=O) groups excluding carboxylic acids is 2. The lowest BCUT2D eigenvalue weighted by Crippen LogP contribution is -2.52. The molecule has 1 aromatic heterocycles. The average Bonchev–Trinajstić information content (AvgIpc) is 3.49. The van der Waals surface area contributed by atoms with Gasteiger partial charge in [0.1, 0.15) is 18.1 Å². The van der Waals surface area contributed by atoms with Crippen LogP contribution in [0, 0.1) is 0 Å². The van der Waals surface area contributed by atoms with Gasteiger partial charge in [-0.15, -0.1) is 5.10 Å². The second kappa shape index (κ2) is 10.3. The van der Waals surface area contributed by atoms with E-state index in [1.54, 1.807) is 9.58 Å². The molecule has 2 heterocycles. The summed E-state index contributed by atoms with van der Waals surface area (Å²) in [5.41, 5.74) is 1.87. The number of fused-ring (bicyclic) bond motifs is 1. The zero-order chi connectivity index (χ0) is 24.1. The number of para-hydroxylation sites is 1. The van der Waals surface area contributed by atoms with Crippen molar-refractivity contribution < 1.29 is 14.3 Å². The van der Waals surface area contributed by atoms with Crippen molar-refractivity contribution in [2.45, 2.75) is 64.3 Å². The molecule has 1 aliphatic rings. The predicted octanol–water partition coefficient (Wildman–Crippen LogP) is 3.49. The van der Waals surface area contributed by atoms with Gasteiger partial charge in [-0.25, -0.2) is 4.68 Å². The van der Waals surface area contributed by atoms with Gasteiger partial charge in [-0.3, -0.25) is 9.59 Å². The third-order valence-corrected chi connectivity index (χ3v) is 6.47. The lowest BCUT2D eigenvalue weighted by Gasteiger charge is -2.35. The van der Waals surface area contributed by atoms with Gasteiger partial charge in [0, 0.05) is 18.7 Å². The summed E-state index contributed by atoms with van der Waals surface area (Å²) in [6, 6.07) is 16.2. The zero-order valence-electron chi connectivity index (χ0n) is 20.1. The Morgan fingerprint density at radius 2 is 1.91 bits per heavy atom. The molecule has 0 unspecified atom stereocenters. The highest BCUT2D eigenvalue weighted by Gasteiger charge is 2.36. The van der Waals surface area contributed by atoms with Gasteiger partial charge in [-0.05, 0) is 50.8 Å². The fourth-order valence-corrected chi connectivity index (χ4v) is 4.21. The third kappa shape index (κ3) is 5.44. The van der Waals surface area contributed by atoms with Crippen LogP contribution in [-0.4, -0.2) is 56.5 Å². The van der Waals surface area contributed by atoms with Gasteiger partial charge in [-0.1, -0.05) is 54.6 Å². The molecule has 1 fully saturated rings. The summed E-state index contributed by atoms with van der Waals surface area (Å²) >= 11 is 0. The molecule has 2 amide bonds. The third-order valence-electron chi connectivity index (χ3n) is 6.47. The van der Waals surface area contributed by atoms with Gasteiger partial charge in [0.2, 0.25) is 11.8 Å². The number of nitrogens with one attached hydrogen (secondary N) is 1. The maximum absolute atomic E-state index is 13.8. The van der Waals surface area contributed by atoms with Crippen LogP contribution >= 0.6 is 0 Å². The van der Waals surface area contributed by atoms with Gasteiger partial charge in [-0.2, -0.15) is 0 Å². The van der Waals surface area contributed by atoms with Crippen molar-refractivity contribution in [1.29, 1.82) is 0 Å². The standard InChI is InChI=1S/C26H33N5O3/c1-4-26(2,3)27-25(33)24(19-11-6-5-7-12-19)30(17-20-13-10-16-34-20)23(32)18-31-22-15-9-8-14-21(22)28-29-31/h5-9,11-12,14-15,20,24H,4,10,13,16-18H2,1-3H3,(H,27,33)/t20-,24-/m0/s1. The minimum absolute atomic E-state index is 0.0129. The Hall–Kier alpha value is -3.26. The first-order valence-electron chi connectivity index (χ1n) is 11.9. The Kier molecular flexibility index (Phi) is 7.26. The summed E-state index contributed by atoms with van der Waals surface area (Å²) in [4.78, 5) is 29.1. The molecule has 0 saturated carbocycles. The van der Waals surface area contributed by atoms with E-state index < -0.39 is 11.6 Å². The second-order valence-corrected chi connectivity index (χ2v) is 9.46. The average molecular weight is 464 g/mol. The summed E-state index contributed by atoms with van der Waals surface area (Å²) < 4.78 is 7.46. The Morgan fingerprint density at radius 1 is 1.18 bits per heavy atom. The van der Waals surface area contributed by atoms with E-state index in [0.717, 1.165) is 35.9 Å². The number of ether oxygens (including phenoxy) is 1. The first kappa shape index (κ1) is 23.9. The molecule has 0 bridgehead atoms. The van der Waals surface area contributed by atoms with E-state index in [0.29, 0.717) is 13.2 Å². The molecule has 2 aromatic carbocycles. The molecule has 8 nitrogen and oxygen atoms in total. The molecule has 3 aromatic rings. The van der Waals surface area contributed by atoms with Crippen molar-refractivity contribution in [1.82, 2.24) is 25.2 Å². The first-order chi connectivity index (χ1) is 16.4. The number of hydrogen-bond donors (Lipinski definition) is 1. The first-order valence-corrected chi connectivity index (χ1v) is 11.9. The van der Waals surface area contributed by atoms with Gasteiger partial charge in [0.05, 0.1) is 11.6 Å². The normalized spacial score (nSPS) is 17.0. The van der Waals surface area contributed by atoms with E-state index in [2.05, 4.69) is 15.6 Å². The summed E-state index contributed by atoms with van der Waals surface area (Å²) in [6.07, 6.45) is 2.48. The van der Waals surface area contributed by atoms with Crippen LogP contribution in [0.2, 0.25) is 0 Å². The molecule has 1 aliphatic heterocycles. The molecule has 2 atom stereocenters. The molecule has 8 heteroatoms. The predicted molar refractivity (Wildman–Crippen MR) is 130 cm³/mol. The lowest BCUT2D eigenvalue weighted by atomic mass is 9.98. The fourth-order valence-electron chi connectivity index (χ4n) is 4.21. The van der Waals surface area contributed by atoms with Crippen molar-refractivity contribution in [2.75, 3.05) is 13.2 Å².